The van der Waals surface area contributed by atoms with Crippen LogP contribution in [0.3, 0.4) is 0 Å². The summed E-state index contributed by atoms with van der Waals surface area (Å²) in [6.45, 7) is 4.80. The summed E-state index contributed by atoms with van der Waals surface area (Å²) in [5, 5.41) is 13.7. The number of carbonyl (C=O) groups excluding carboxylic acids is 1. The number of piperazine rings is 1. The highest BCUT2D eigenvalue weighted by Crippen LogP contribution is 2.29. The SMILES string of the molecule is CC(C(=O)Nc1ccccc1[N+](=O)[O-])N1CCN(Cc2ccc(C(F)(F)F)cc2)CC1. The molecule has 1 aliphatic rings. The van der Waals surface area contributed by atoms with Crippen LogP contribution in [-0.4, -0.2) is 52.9 Å². The Balaban J connectivity index is 1.52. The van der Waals surface area contributed by atoms with E-state index in [2.05, 4.69) is 10.2 Å². The summed E-state index contributed by atoms with van der Waals surface area (Å²) in [5.41, 5.74) is 0.123. The molecule has 3 rings (SSSR count). The molecule has 2 aromatic rings. The Morgan fingerprint density at radius 2 is 1.71 bits per heavy atom. The van der Waals surface area contributed by atoms with Gasteiger partial charge >= 0.3 is 6.18 Å². The summed E-state index contributed by atoms with van der Waals surface area (Å²) in [6, 6.07) is 10.6. The first-order chi connectivity index (χ1) is 14.6. The van der Waals surface area contributed by atoms with Crippen molar-refractivity contribution >= 4 is 17.3 Å². The van der Waals surface area contributed by atoms with E-state index in [1.807, 2.05) is 4.90 Å². The highest BCUT2D eigenvalue weighted by atomic mass is 19.4. The molecule has 166 valence electrons. The smallest absolute Gasteiger partial charge is 0.319 e. The van der Waals surface area contributed by atoms with Crippen molar-refractivity contribution in [2.24, 2.45) is 0 Å². The van der Waals surface area contributed by atoms with Crippen LogP contribution in [0.25, 0.3) is 0 Å². The topological polar surface area (TPSA) is 78.7 Å². The van der Waals surface area contributed by atoms with Gasteiger partial charge in [-0.25, -0.2) is 0 Å². The van der Waals surface area contributed by atoms with Gasteiger partial charge in [-0.15, -0.1) is 0 Å². The molecule has 0 bridgehead atoms. The fourth-order valence-electron chi connectivity index (χ4n) is 3.51. The molecule has 1 N–H and O–H groups in total. The van der Waals surface area contributed by atoms with Crippen LogP contribution in [0, 0.1) is 10.1 Å². The monoisotopic (exact) mass is 436 g/mol. The summed E-state index contributed by atoms with van der Waals surface area (Å²) in [5.74, 6) is -0.328. The minimum atomic E-state index is -4.35. The Kier molecular flexibility index (Phi) is 6.91. The van der Waals surface area contributed by atoms with E-state index < -0.39 is 22.7 Å². The lowest BCUT2D eigenvalue weighted by Gasteiger charge is -2.37. The predicted molar refractivity (Wildman–Crippen MR) is 109 cm³/mol. The number of carbonyl (C=O) groups is 1. The number of hydrogen-bond donors (Lipinski definition) is 1. The van der Waals surface area contributed by atoms with E-state index in [0.717, 1.165) is 17.7 Å². The van der Waals surface area contributed by atoms with Gasteiger partial charge in [0.15, 0.2) is 0 Å². The van der Waals surface area contributed by atoms with Gasteiger partial charge in [0, 0.05) is 38.8 Å². The first kappa shape index (κ1) is 22.7. The molecule has 10 heteroatoms. The van der Waals surface area contributed by atoms with Gasteiger partial charge in [0.05, 0.1) is 16.5 Å². The maximum atomic E-state index is 12.7. The molecule has 1 atom stereocenters. The fourth-order valence-corrected chi connectivity index (χ4v) is 3.51. The Hall–Kier alpha value is -2.98. The van der Waals surface area contributed by atoms with E-state index in [9.17, 15) is 28.1 Å². The van der Waals surface area contributed by atoms with Crippen molar-refractivity contribution in [2.45, 2.75) is 25.7 Å². The van der Waals surface area contributed by atoms with Crippen molar-refractivity contribution < 1.29 is 22.9 Å². The van der Waals surface area contributed by atoms with Crippen molar-refractivity contribution in [2.75, 3.05) is 31.5 Å². The van der Waals surface area contributed by atoms with Crippen molar-refractivity contribution in [3.63, 3.8) is 0 Å². The number of alkyl halides is 3. The molecule has 0 aromatic heterocycles. The number of amides is 1. The number of rotatable bonds is 6. The molecule has 0 radical (unpaired) electrons. The second kappa shape index (κ2) is 9.44. The number of hydrogen-bond acceptors (Lipinski definition) is 5. The van der Waals surface area contributed by atoms with Crippen LogP contribution in [0.1, 0.15) is 18.1 Å². The number of nitro benzene ring substituents is 1. The third-order valence-electron chi connectivity index (χ3n) is 5.38. The molecule has 1 unspecified atom stereocenters. The highest BCUT2D eigenvalue weighted by molar-refractivity contribution is 5.96. The molecule has 0 saturated carbocycles. The van der Waals surface area contributed by atoms with Gasteiger partial charge in [-0.3, -0.25) is 24.7 Å². The molecule has 1 amide bonds. The zero-order valence-electron chi connectivity index (χ0n) is 16.9. The number of anilines is 1. The van der Waals surface area contributed by atoms with Crippen LogP contribution >= 0.6 is 0 Å². The molecule has 1 saturated heterocycles. The second-order valence-corrected chi connectivity index (χ2v) is 7.45. The fraction of sp³-hybridized carbons (Fsp3) is 0.381. The molecule has 0 aliphatic carbocycles. The minimum absolute atomic E-state index is 0.158. The lowest BCUT2D eigenvalue weighted by molar-refractivity contribution is -0.383. The maximum absolute atomic E-state index is 12.7. The predicted octanol–water partition coefficient (Wildman–Crippen LogP) is 3.76. The first-order valence-corrected chi connectivity index (χ1v) is 9.82. The third-order valence-corrected chi connectivity index (χ3v) is 5.38. The second-order valence-electron chi connectivity index (χ2n) is 7.45. The van der Waals surface area contributed by atoms with Gasteiger partial charge in [0.2, 0.25) is 5.91 Å². The summed E-state index contributed by atoms with van der Waals surface area (Å²) < 4.78 is 38.0. The Morgan fingerprint density at radius 3 is 2.29 bits per heavy atom. The average Bonchev–Trinajstić information content (AvgIpc) is 2.73. The highest BCUT2D eigenvalue weighted by Gasteiger charge is 2.30. The first-order valence-electron chi connectivity index (χ1n) is 9.82. The van der Waals surface area contributed by atoms with Gasteiger partial charge < -0.3 is 5.32 Å². The van der Waals surface area contributed by atoms with Crippen molar-refractivity contribution in [1.82, 2.24) is 9.80 Å². The van der Waals surface area contributed by atoms with E-state index >= 15 is 0 Å². The van der Waals surface area contributed by atoms with Crippen LogP contribution in [0.15, 0.2) is 48.5 Å². The van der Waals surface area contributed by atoms with Gasteiger partial charge in [0.1, 0.15) is 5.69 Å². The number of benzene rings is 2. The van der Waals surface area contributed by atoms with Gasteiger partial charge in [-0.1, -0.05) is 24.3 Å². The van der Waals surface area contributed by atoms with E-state index in [0.29, 0.717) is 32.7 Å². The normalized spacial score (nSPS) is 16.6. The molecule has 1 aliphatic heterocycles. The number of para-hydroxylation sites is 2. The largest absolute Gasteiger partial charge is 0.416 e. The molecular formula is C21H23F3N4O3. The Morgan fingerprint density at radius 1 is 1.10 bits per heavy atom. The van der Waals surface area contributed by atoms with Crippen LogP contribution in [0.5, 0.6) is 0 Å². The maximum Gasteiger partial charge on any atom is 0.416 e. The van der Waals surface area contributed by atoms with E-state index in [4.69, 9.17) is 0 Å². The number of nitrogens with one attached hydrogen (secondary N) is 1. The molecule has 31 heavy (non-hydrogen) atoms. The van der Waals surface area contributed by atoms with Crippen molar-refractivity contribution in [3.8, 4) is 0 Å². The Labute approximate surface area is 177 Å². The zero-order chi connectivity index (χ0) is 22.6. The van der Waals surface area contributed by atoms with Crippen LogP contribution < -0.4 is 5.32 Å². The Bertz CT molecular complexity index is 926. The summed E-state index contributed by atoms with van der Waals surface area (Å²) >= 11 is 0. The lowest BCUT2D eigenvalue weighted by atomic mass is 10.1. The summed E-state index contributed by atoms with van der Waals surface area (Å²) in [7, 11) is 0. The van der Waals surface area contributed by atoms with E-state index in [-0.39, 0.29) is 17.3 Å². The third kappa shape index (κ3) is 5.80. The number of halogens is 3. The standard InChI is InChI=1S/C21H23F3N4O3/c1-15(20(29)25-18-4-2-3-5-19(18)28(30)31)27-12-10-26(11-13-27)14-16-6-8-17(9-7-16)21(22,23)24/h2-9,15H,10-14H2,1H3,(H,25,29). The number of nitrogens with zero attached hydrogens (tertiary/aromatic N) is 3. The molecule has 2 aromatic carbocycles. The summed E-state index contributed by atoms with van der Waals surface area (Å²) in [4.78, 5) is 27.3. The zero-order valence-corrected chi connectivity index (χ0v) is 16.9. The van der Waals surface area contributed by atoms with Crippen LogP contribution in [0.4, 0.5) is 24.5 Å². The molecular weight excluding hydrogens is 413 g/mol. The molecule has 1 heterocycles. The van der Waals surface area contributed by atoms with E-state index in [1.54, 1.807) is 13.0 Å². The van der Waals surface area contributed by atoms with Crippen LogP contribution in [0.2, 0.25) is 0 Å². The molecule has 1 fully saturated rings. The van der Waals surface area contributed by atoms with Gasteiger partial charge in [0.25, 0.3) is 5.69 Å². The van der Waals surface area contributed by atoms with Crippen molar-refractivity contribution in [1.29, 1.82) is 0 Å². The molecule has 7 nitrogen and oxygen atoms in total. The van der Waals surface area contributed by atoms with Crippen LogP contribution in [-0.2, 0) is 17.5 Å². The van der Waals surface area contributed by atoms with Crippen molar-refractivity contribution in [3.05, 3.63) is 69.8 Å². The van der Waals surface area contributed by atoms with Gasteiger partial charge in [-0.2, -0.15) is 13.2 Å². The molecule has 0 spiro atoms. The average molecular weight is 436 g/mol. The summed E-state index contributed by atoms with van der Waals surface area (Å²) in [6.07, 6.45) is -4.35. The number of nitro groups is 1. The van der Waals surface area contributed by atoms with Gasteiger partial charge in [-0.05, 0) is 30.7 Å². The van der Waals surface area contributed by atoms with E-state index in [1.165, 1.54) is 30.3 Å². The minimum Gasteiger partial charge on any atom is -0.319 e. The quantitative estimate of drug-likeness (QED) is 0.551. The lowest BCUT2D eigenvalue weighted by Crippen LogP contribution is -2.52.